The number of benzene rings is 6. The summed E-state index contributed by atoms with van der Waals surface area (Å²) < 4.78 is 1.12. The third kappa shape index (κ3) is 6.06. The Balaban J connectivity index is 1.40. The quantitative estimate of drug-likeness (QED) is 0.114. The number of fused-ring (bicyclic) bond motifs is 5. The first-order valence-electron chi connectivity index (χ1n) is 21.8. The van der Waals surface area contributed by atoms with Crippen LogP contribution in [0.15, 0.2) is 139 Å². The number of aryl methyl sites for hydroxylation is 2. The molecule has 6 aromatic rings. The number of halogens is 2. The van der Waals surface area contributed by atoms with Crippen molar-refractivity contribution in [1.29, 1.82) is 0 Å². The number of allylic oxidation sites excluding steroid dienone is 2. The van der Waals surface area contributed by atoms with Crippen LogP contribution in [0.4, 0.5) is 0 Å². The van der Waals surface area contributed by atoms with Crippen molar-refractivity contribution in [3.63, 3.8) is 0 Å². The van der Waals surface area contributed by atoms with Crippen LogP contribution < -0.4 is 13.6 Å². The van der Waals surface area contributed by atoms with Crippen molar-refractivity contribution < 1.29 is 16.4 Å². The number of rotatable bonds is 11. The Hall–Kier alpha value is -3.52. The summed E-state index contributed by atoms with van der Waals surface area (Å²) in [5.41, 5.74) is 18.8. The summed E-state index contributed by atoms with van der Waals surface area (Å²) in [7, 11) is 18.0. The second-order valence-electron chi connectivity index (χ2n) is 17.2. The molecule has 0 nitrogen and oxygen atoms in total. The predicted octanol–water partition coefficient (Wildman–Crippen LogP) is 13.2. The van der Waals surface area contributed by atoms with Crippen LogP contribution in [0.1, 0.15) is 95.0 Å². The zero-order valence-corrected chi connectivity index (χ0v) is 40.3. The van der Waals surface area contributed by atoms with Gasteiger partial charge in [-0.15, -0.1) is 0 Å². The van der Waals surface area contributed by atoms with Crippen LogP contribution in [0.25, 0.3) is 45.5 Å². The van der Waals surface area contributed by atoms with Crippen LogP contribution >= 0.6 is 17.0 Å². The minimum absolute atomic E-state index is 0.0948. The fourth-order valence-corrected chi connectivity index (χ4v) is 39.1. The van der Waals surface area contributed by atoms with Crippen LogP contribution in [-0.4, -0.2) is 9.52 Å². The molecule has 0 saturated heterocycles. The summed E-state index contributed by atoms with van der Waals surface area (Å²) in [5, 5.41) is 2.98. The van der Waals surface area contributed by atoms with Gasteiger partial charge in [0.15, 0.2) is 0 Å². The molecule has 0 saturated carbocycles. The number of hydrogen-bond acceptors (Lipinski definition) is 0. The van der Waals surface area contributed by atoms with Crippen LogP contribution in [0.2, 0.25) is 0 Å². The zero-order chi connectivity index (χ0) is 40.4. The summed E-state index contributed by atoms with van der Waals surface area (Å²) in [6.07, 6.45) is 9.12. The van der Waals surface area contributed by atoms with E-state index in [4.69, 9.17) is 0 Å². The Labute approximate surface area is 357 Å². The van der Waals surface area contributed by atoms with Crippen molar-refractivity contribution in [2.45, 2.75) is 74.5 Å². The maximum atomic E-state index is 9.44. The molecule has 1 aliphatic heterocycles. The maximum absolute atomic E-state index is 9.44. The molecule has 0 bridgehead atoms. The molecule has 0 spiro atoms. The standard InChI is InChI=1S/2C21H23.C12H9Si.2ClH.Zr/c2*1-4-15(3)18-13-17-10-8-12-20(21(17)14-18)19-11-7-6-9-16(19)5-2;1-3-7-11-9(5-1)10-6-2-4-8-12(10)13-11;;;/h2*6-15H,4-5H2,1-3H3;1-7H,13H2;2*1H;/q;;;;;+2/p-2. The van der Waals surface area contributed by atoms with E-state index in [-0.39, 0.29) is 7.25 Å². The van der Waals surface area contributed by atoms with Gasteiger partial charge in [0.1, 0.15) is 0 Å². The van der Waals surface area contributed by atoms with Crippen molar-refractivity contribution in [3.05, 3.63) is 172 Å². The summed E-state index contributed by atoms with van der Waals surface area (Å²) >= 11 is -5.68. The van der Waals surface area contributed by atoms with Gasteiger partial charge in [0.25, 0.3) is 0 Å². The van der Waals surface area contributed by atoms with E-state index in [2.05, 4.69) is 181 Å². The molecule has 58 heavy (non-hydrogen) atoms. The van der Waals surface area contributed by atoms with Crippen LogP contribution in [0.3, 0.4) is 0 Å². The molecule has 0 aromatic heterocycles. The monoisotopic (exact) mass is 891 g/mol. The van der Waals surface area contributed by atoms with Crippen LogP contribution in [-0.2, 0) is 29.2 Å². The van der Waals surface area contributed by atoms with Gasteiger partial charge >= 0.3 is 360 Å². The first kappa shape index (κ1) is 39.9. The van der Waals surface area contributed by atoms with Crippen molar-refractivity contribution in [1.82, 2.24) is 0 Å². The second-order valence-corrected chi connectivity index (χ2v) is 39.7. The second kappa shape index (κ2) is 15.5. The van der Waals surface area contributed by atoms with Gasteiger partial charge in [-0.3, -0.25) is 0 Å². The van der Waals surface area contributed by atoms with Crippen molar-refractivity contribution >= 4 is 52.3 Å². The van der Waals surface area contributed by atoms with Gasteiger partial charge in [0.05, 0.1) is 0 Å². The summed E-state index contributed by atoms with van der Waals surface area (Å²) in [6.45, 7) is 14.0. The van der Waals surface area contributed by atoms with E-state index in [1.165, 1.54) is 91.6 Å². The van der Waals surface area contributed by atoms with Gasteiger partial charge in [0.2, 0.25) is 0 Å². The van der Waals surface area contributed by atoms with Gasteiger partial charge in [-0.1, -0.05) is 0 Å². The van der Waals surface area contributed by atoms with E-state index < -0.39 is 25.9 Å². The van der Waals surface area contributed by atoms with Crippen LogP contribution in [0.5, 0.6) is 0 Å². The molecule has 6 aromatic carbocycles. The molecular formula is C54H55Cl2SiZr. The molecule has 4 unspecified atom stereocenters. The van der Waals surface area contributed by atoms with E-state index >= 15 is 0 Å². The molecule has 0 amide bonds. The van der Waals surface area contributed by atoms with E-state index in [9.17, 15) is 17.0 Å². The Morgan fingerprint density at radius 1 is 0.500 bits per heavy atom. The number of hydrogen-bond donors (Lipinski definition) is 0. The molecule has 2 aliphatic carbocycles. The van der Waals surface area contributed by atoms with Crippen molar-refractivity contribution in [3.8, 4) is 33.4 Å². The Bertz CT molecular complexity index is 2520. The third-order valence-electron chi connectivity index (χ3n) is 14.4. The average Bonchev–Trinajstić information content (AvgIpc) is 3.98. The van der Waals surface area contributed by atoms with Gasteiger partial charge < -0.3 is 0 Å². The molecule has 4 atom stereocenters. The Kier molecular flexibility index (Phi) is 10.7. The first-order valence-corrected chi connectivity index (χ1v) is 33.6. The average molecular weight is 894 g/mol. The molecular weight excluding hydrogens is 839 g/mol. The van der Waals surface area contributed by atoms with Gasteiger partial charge in [-0.2, -0.15) is 0 Å². The normalized spacial score (nSPS) is 18.7. The summed E-state index contributed by atoms with van der Waals surface area (Å²) in [6, 6.07) is 48.1. The first-order chi connectivity index (χ1) is 28.1. The molecule has 1 heterocycles. The third-order valence-corrected chi connectivity index (χ3v) is 37.0. The van der Waals surface area contributed by atoms with E-state index in [0.29, 0.717) is 11.8 Å². The predicted molar refractivity (Wildman–Crippen MR) is 254 cm³/mol. The van der Waals surface area contributed by atoms with Crippen LogP contribution in [0, 0.1) is 11.8 Å². The van der Waals surface area contributed by atoms with Crippen molar-refractivity contribution in [2.24, 2.45) is 11.8 Å². The van der Waals surface area contributed by atoms with Gasteiger partial charge in [-0.25, -0.2) is 0 Å². The van der Waals surface area contributed by atoms with E-state index in [0.717, 1.165) is 25.7 Å². The Morgan fingerprint density at radius 2 is 0.931 bits per heavy atom. The molecule has 0 radical (unpaired) electrons. The van der Waals surface area contributed by atoms with Gasteiger partial charge in [0, 0.05) is 0 Å². The van der Waals surface area contributed by atoms with E-state index in [1.807, 2.05) is 0 Å². The zero-order valence-electron chi connectivity index (χ0n) is 34.9. The Morgan fingerprint density at radius 3 is 1.43 bits per heavy atom. The summed E-state index contributed by atoms with van der Waals surface area (Å²) in [5.74, 6) is 0.616. The fourth-order valence-electron chi connectivity index (χ4n) is 11.1. The molecule has 0 N–H and O–H groups in total. The SMILES string of the molecule is CCc1ccccc1-c1cccc2c1C=C(C(C)CC)[CH]2[Zr]([Cl])([Cl])([c]1cccc2c1[SiH2]c1ccccc1-2)[CH]1C(C(C)CC)=Cc2c(-c3ccccc3CC)cccc21. The molecule has 4 heteroatoms. The minimum atomic E-state index is -5.68. The fraction of sp³-hybridized carbons (Fsp3) is 0.259. The summed E-state index contributed by atoms with van der Waals surface area (Å²) in [4.78, 5) is 0. The molecule has 9 rings (SSSR count). The molecule has 293 valence electrons. The van der Waals surface area contributed by atoms with E-state index in [1.54, 1.807) is 0 Å². The van der Waals surface area contributed by atoms with Crippen molar-refractivity contribution in [2.75, 3.05) is 0 Å². The molecule has 0 fully saturated rings. The van der Waals surface area contributed by atoms with Gasteiger partial charge in [-0.05, 0) is 0 Å². The molecule has 3 aliphatic rings. The topological polar surface area (TPSA) is 0 Å².